The van der Waals surface area contributed by atoms with E-state index in [0.717, 1.165) is 0 Å². The fraction of sp³-hybridized carbons (Fsp3) is 0.769. The van der Waals surface area contributed by atoms with Gasteiger partial charge in [0.05, 0.1) is 6.04 Å². The first-order chi connectivity index (χ1) is 17.6. The Hall–Kier alpha value is -3.22. The van der Waals surface area contributed by atoms with Crippen molar-refractivity contribution >= 4 is 35.6 Å². The Morgan fingerprint density at radius 1 is 0.718 bits per heavy atom. The van der Waals surface area contributed by atoms with Crippen molar-refractivity contribution in [2.24, 2.45) is 11.7 Å². The van der Waals surface area contributed by atoms with Crippen molar-refractivity contribution < 1.29 is 43.3 Å². The highest BCUT2D eigenvalue weighted by Gasteiger charge is 2.32. The fourth-order valence-corrected chi connectivity index (χ4v) is 3.15. The number of rotatable bonds is 14. The Bertz CT molecular complexity index is 891. The second-order valence-electron chi connectivity index (χ2n) is 11.7. The highest BCUT2D eigenvalue weighted by molar-refractivity contribution is 5.94. The standard InChI is InChI=1S/C26H46N4O9/c1-14(2)20(23(35)28-15(3)24(36)37)30-22(34)17(11-13-19(32)39-26(7,8)9)29-21(33)16(27)10-12-18(31)38-25(4,5)6/h14-17,20H,10-13,27H2,1-9H3,(H,28,35)(H,29,33)(H,30,34)(H,36,37)/t15-,16+,17+,20+/m1/s1. The summed E-state index contributed by atoms with van der Waals surface area (Å²) in [6, 6.07) is -4.75. The lowest BCUT2D eigenvalue weighted by atomic mass is 10.0. The van der Waals surface area contributed by atoms with Crippen LogP contribution in [0.3, 0.4) is 0 Å². The third-order valence-corrected chi connectivity index (χ3v) is 5.08. The van der Waals surface area contributed by atoms with E-state index in [2.05, 4.69) is 16.0 Å². The molecule has 0 unspecified atom stereocenters. The monoisotopic (exact) mass is 558 g/mol. The molecule has 0 aromatic heterocycles. The highest BCUT2D eigenvalue weighted by Crippen LogP contribution is 2.12. The third-order valence-electron chi connectivity index (χ3n) is 5.08. The van der Waals surface area contributed by atoms with Crippen molar-refractivity contribution in [2.45, 2.75) is 123 Å². The highest BCUT2D eigenvalue weighted by atomic mass is 16.6. The maximum Gasteiger partial charge on any atom is 0.325 e. The van der Waals surface area contributed by atoms with Crippen molar-refractivity contribution in [3.8, 4) is 0 Å². The van der Waals surface area contributed by atoms with Crippen LogP contribution >= 0.6 is 0 Å². The van der Waals surface area contributed by atoms with Crippen molar-refractivity contribution in [1.29, 1.82) is 0 Å². The number of hydrogen-bond acceptors (Lipinski definition) is 9. The van der Waals surface area contributed by atoms with Crippen LogP contribution in [-0.4, -0.2) is 76.1 Å². The van der Waals surface area contributed by atoms with Gasteiger partial charge in [-0.05, 0) is 67.2 Å². The number of nitrogens with one attached hydrogen (secondary N) is 3. The molecule has 0 aliphatic carbocycles. The predicted molar refractivity (Wildman–Crippen MR) is 142 cm³/mol. The van der Waals surface area contributed by atoms with Crippen LogP contribution in [0, 0.1) is 5.92 Å². The van der Waals surface area contributed by atoms with Crippen molar-refractivity contribution in [3.05, 3.63) is 0 Å². The molecule has 0 aromatic carbocycles. The first kappa shape index (κ1) is 35.8. The molecule has 3 amide bonds. The SMILES string of the molecule is CC(C)[C@H](NC(=O)[C@H](CCC(=O)OC(C)(C)C)NC(=O)[C@@H](N)CCC(=O)OC(C)(C)C)C(=O)N[C@H](C)C(=O)O. The molecule has 0 aliphatic rings. The van der Waals surface area contributed by atoms with Crippen molar-refractivity contribution in [2.75, 3.05) is 0 Å². The summed E-state index contributed by atoms with van der Waals surface area (Å²) in [5.74, 6) is -5.06. The zero-order chi connectivity index (χ0) is 30.7. The Kier molecular flexibility index (Phi) is 14.1. The van der Waals surface area contributed by atoms with Gasteiger partial charge in [0.1, 0.15) is 29.3 Å². The van der Waals surface area contributed by atoms with E-state index >= 15 is 0 Å². The molecule has 0 spiro atoms. The Morgan fingerprint density at radius 2 is 1.18 bits per heavy atom. The van der Waals surface area contributed by atoms with E-state index in [1.165, 1.54) is 6.92 Å². The molecule has 0 rings (SSSR count). The molecule has 0 saturated carbocycles. The van der Waals surface area contributed by atoms with Gasteiger partial charge in [0.25, 0.3) is 0 Å². The summed E-state index contributed by atoms with van der Waals surface area (Å²) in [5.41, 5.74) is 4.48. The number of hydrogen-bond donors (Lipinski definition) is 5. The number of aliphatic carboxylic acids is 1. The van der Waals surface area contributed by atoms with E-state index in [1.807, 2.05) is 0 Å². The molecule has 0 aliphatic heterocycles. The predicted octanol–water partition coefficient (Wildman–Crippen LogP) is 0.772. The molecule has 0 radical (unpaired) electrons. The van der Waals surface area contributed by atoms with E-state index in [9.17, 15) is 28.8 Å². The molecule has 0 fully saturated rings. The summed E-state index contributed by atoms with van der Waals surface area (Å²) < 4.78 is 10.5. The molecule has 39 heavy (non-hydrogen) atoms. The summed E-state index contributed by atoms with van der Waals surface area (Å²) in [4.78, 5) is 73.9. The Balaban J connectivity index is 5.57. The van der Waals surface area contributed by atoms with E-state index in [4.69, 9.17) is 20.3 Å². The smallest absolute Gasteiger partial charge is 0.325 e. The van der Waals surface area contributed by atoms with Gasteiger partial charge in [-0.1, -0.05) is 13.8 Å². The summed E-state index contributed by atoms with van der Waals surface area (Å²) in [5, 5.41) is 16.4. The molecule has 6 N–H and O–H groups in total. The minimum atomic E-state index is -1.27. The van der Waals surface area contributed by atoms with E-state index < -0.39 is 76.9 Å². The maximum atomic E-state index is 13.2. The normalized spacial score (nSPS) is 14.8. The van der Waals surface area contributed by atoms with Crippen LogP contribution < -0.4 is 21.7 Å². The minimum absolute atomic E-state index is 0.0503. The third kappa shape index (κ3) is 15.7. The minimum Gasteiger partial charge on any atom is -0.480 e. The zero-order valence-corrected chi connectivity index (χ0v) is 24.5. The second kappa shape index (κ2) is 15.4. The number of nitrogens with two attached hydrogens (primary N) is 1. The fourth-order valence-electron chi connectivity index (χ4n) is 3.15. The number of carboxylic acid groups (broad SMARTS) is 1. The zero-order valence-electron chi connectivity index (χ0n) is 24.5. The van der Waals surface area contributed by atoms with Crippen molar-refractivity contribution in [3.63, 3.8) is 0 Å². The lowest BCUT2D eigenvalue weighted by Crippen LogP contribution is -2.58. The van der Waals surface area contributed by atoms with Crippen LogP contribution in [0.1, 0.15) is 88.0 Å². The van der Waals surface area contributed by atoms with Crippen LogP contribution in [0.15, 0.2) is 0 Å². The topological polar surface area (TPSA) is 203 Å². The van der Waals surface area contributed by atoms with Gasteiger partial charge in [-0.3, -0.25) is 28.8 Å². The lowest BCUT2D eigenvalue weighted by Gasteiger charge is -2.27. The molecule has 0 heterocycles. The van der Waals surface area contributed by atoms with Crippen LogP contribution in [0.4, 0.5) is 0 Å². The van der Waals surface area contributed by atoms with E-state index in [0.29, 0.717) is 0 Å². The van der Waals surface area contributed by atoms with Crippen LogP contribution in [0.2, 0.25) is 0 Å². The van der Waals surface area contributed by atoms with Gasteiger partial charge < -0.3 is 36.3 Å². The van der Waals surface area contributed by atoms with Crippen LogP contribution in [-0.2, 0) is 38.2 Å². The first-order valence-corrected chi connectivity index (χ1v) is 13.0. The van der Waals surface area contributed by atoms with E-state index in [1.54, 1.807) is 55.4 Å². The number of esters is 2. The van der Waals surface area contributed by atoms with E-state index in [-0.39, 0.29) is 25.7 Å². The van der Waals surface area contributed by atoms with Gasteiger partial charge in [0, 0.05) is 12.8 Å². The van der Waals surface area contributed by atoms with Gasteiger partial charge in [-0.15, -0.1) is 0 Å². The van der Waals surface area contributed by atoms with Gasteiger partial charge in [-0.25, -0.2) is 0 Å². The molecule has 224 valence electrons. The summed E-state index contributed by atoms with van der Waals surface area (Å²) >= 11 is 0. The molecular weight excluding hydrogens is 512 g/mol. The van der Waals surface area contributed by atoms with Crippen LogP contribution in [0.25, 0.3) is 0 Å². The average Bonchev–Trinajstić information content (AvgIpc) is 2.75. The van der Waals surface area contributed by atoms with Gasteiger partial charge in [0.15, 0.2) is 0 Å². The Morgan fingerprint density at radius 3 is 1.59 bits per heavy atom. The molecule has 0 aromatic rings. The number of carbonyl (C=O) groups excluding carboxylic acids is 5. The van der Waals surface area contributed by atoms with Crippen molar-refractivity contribution in [1.82, 2.24) is 16.0 Å². The Labute approximate surface area is 230 Å². The average molecular weight is 559 g/mol. The molecule has 0 bridgehead atoms. The van der Waals surface area contributed by atoms with Crippen LogP contribution in [0.5, 0.6) is 0 Å². The quantitative estimate of drug-likeness (QED) is 0.189. The molecule has 13 heteroatoms. The molecule has 13 nitrogen and oxygen atoms in total. The molecule has 4 atom stereocenters. The second-order valence-corrected chi connectivity index (χ2v) is 11.7. The number of carbonyl (C=O) groups is 6. The number of amides is 3. The van der Waals surface area contributed by atoms with Gasteiger partial charge in [0.2, 0.25) is 17.7 Å². The first-order valence-electron chi connectivity index (χ1n) is 13.0. The summed E-state index contributed by atoms with van der Waals surface area (Å²) in [7, 11) is 0. The number of carboxylic acids is 1. The molecule has 0 saturated heterocycles. The van der Waals surface area contributed by atoms with Gasteiger partial charge >= 0.3 is 17.9 Å². The lowest BCUT2D eigenvalue weighted by molar-refractivity contribution is -0.156. The number of ether oxygens (including phenoxy) is 2. The largest absolute Gasteiger partial charge is 0.480 e. The summed E-state index contributed by atoms with van der Waals surface area (Å²) in [6.45, 7) is 14.8. The maximum absolute atomic E-state index is 13.2. The summed E-state index contributed by atoms with van der Waals surface area (Å²) in [6.07, 6.45) is -0.566. The van der Waals surface area contributed by atoms with Gasteiger partial charge in [-0.2, -0.15) is 0 Å². The molecular formula is C26H46N4O9.